The first-order valence-corrected chi connectivity index (χ1v) is 8.38. The Kier molecular flexibility index (Phi) is 6.59. The monoisotopic (exact) mass is 318 g/mol. The average Bonchev–Trinajstić information content (AvgIpc) is 2.56. The molecule has 0 spiro atoms. The minimum absolute atomic E-state index is 0.0203. The van der Waals surface area contributed by atoms with Crippen LogP contribution in [0.4, 0.5) is 5.69 Å². The number of anilines is 1. The molecule has 1 heterocycles. The van der Waals surface area contributed by atoms with Crippen LogP contribution in [-0.4, -0.2) is 31.6 Å². The van der Waals surface area contributed by atoms with Crippen LogP contribution < -0.4 is 10.6 Å². The van der Waals surface area contributed by atoms with Crippen LogP contribution in [0, 0.1) is 11.8 Å². The van der Waals surface area contributed by atoms with Gasteiger partial charge in [-0.1, -0.05) is 6.92 Å². The van der Waals surface area contributed by atoms with Crippen molar-refractivity contribution in [2.45, 2.75) is 33.1 Å². The molecule has 1 aromatic carbocycles. The molecule has 126 valence electrons. The average molecular weight is 318 g/mol. The van der Waals surface area contributed by atoms with Crippen molar-refractivity contribution in [1.82, 2.24) is 5.32 Å². The molecule has 0 bridgehead atoms. The van der Waals surface area contributed by atoms with Gasteiger partial charge in [-0.05, 0) is 69.0 Å². The summed E-state index contributed by atoms with van der Waals surface area (Å²) in [4.78, 5) is 23.7. The first-order chi connectivity index (χ1) is 11.1. The van der Waals surface area contributed by atoms with Crippen molar-refractivity contribution in [1.29, 1.82) is 0 Å². The molecule has 2 atom stereocenters. The Morgan fingerprint density at radius 3 is 2.70 bits per heavy atom. The fourth-order valence-electron chi connectivity index (χ4n) is 2.94. The first kappa shape index (κ1) is 17.5. The number of carbonyl (C=O) groups is 2. The van der Waals surface area contributed by atoms with Gasteiger partial charge in [-0.2, -0.15) is 0 Å². The summed E-state index contributed by atoms with van der Waals surface area (Å²) >= 11 is 0. The molecule has 1 aliphatic rings. The third-order valence-electron chi connectivity index (χ3n) is 4.33. The van der Waals surface area contributed by atoms with Crippen molar-refractivity contribution >= 4 is 17.6 Å². The Bertz CT molecular complexity index is 522. The Morgan fingerprint density at radius 2 is 2.09 bits per heavy atom. The first-order valence-electron chi connectivity index (χ1n) is 8.38. The van der Waals surface area contributed by atoms with Gasteiger partial charge in [0.25, 0.3) is 0 Å². The van der Waals surface area contributed by atoms with Crippen LogP contribution in [0.5, 0.6) is 0 Å². The van der Waals surface area contributed by atoms with Gasteiger partial charge in [-0.3, -0.25) is 4.79 Å². The molecule has 1 amide bonds. The second-order valence-corrected chi connectivity index (χ2v) is 6.13. The van der Waals surface area contributed by atoms with Gasteiger partial charge in [0.1, 0.15) is 0 Å². The molecular formula is C18H26N2O3. The van der Waals surface area contributed by atoms with Crippen LogP contribution in [0.2, 0.25) is 0 Å². The fraction of sp³-hybridized carbons (Fsp3) is 0.556. The van der Waals surface area contributed by atoms with Gasteiger partial charge in [0, 0.05) is 12.1 Å². The van der Waals surface area contributed by atoms with Gasteiger partial charge >= 0.3 is 5.97 Å². The minimum Gasteiger partial charge on any atom is -0.462 e. The zero-order valence-corrected chi connectivity index (χ0v) is 13.9. The molecule has 0 radical (unpaired) electrons. The van der Waals surface area contributed by atoms with Crippen molar-refractivity contribution in [3.63, 3.8) is 0 Å². The van der Waals surface area contributed by atoms with E-state index in [0.29, 0.717) is 36.1 Å². The fourth-order valence-corrected chi connectivity index (χ4v) is 2.94. The molecule has 1 saturated heterocycles. The summed E-state index contributed by atoms with van der Waals surface area (Å²) in [5.74, 6) is 0.609. The Labute approximate surface area is 137 Å². The maximum absolute atomic E-state index is 12.2. The van der Waals surface area contributed by atoms with E-state index in [1.807, 2.05) is 0 Å². The molecule has 2 rings (SSSR count). The van der Waals surface area contributed by atoms with E-state index in [-0.39, 0.29) is 11.9 Å². The number of carbonyl (C=O) groups excluding carboxylic acids is 2. The van der Waals surface area contributed by atoms with E-state index in [1.54, 1.807) is 31.2 Å². The predicted molar refractivity (Wildman–Crippen MR) is 90.4 cm³/mol. The highest BCUT2D eigenvalue weighted by molar-refractivity contribution is 5.93. The molecule has 0 aromatic heterocycles. The molecule has 0 aliphatic carbocycles. The number of hydrogen-bond acceptors (Lipinski definition) is 4. The SMILES string of the molecule is CCOC(=O)c1ccc(NC(=O)CC(C)C2CCCNC2)cc1. The van der Waals surface area contributed by atoms with Crippen LogP contribution in [0.1, 0.15) is 43.5 Å². The summed E-state index contributed by atoms with van der Waals surface area (Å²) in [6.45, 7) is 6.35. The number of esters is 1. The van der Waals surface area contributed by atoms with E-state index in [0.717, 1.165) is 13.1 Å². The Morgan fingerprint density at radius 1 is 1.35 bits per heavy atom. The maximum Gasteiger partial charge on any atom is 0.338 e. The number of nitrogens with one attached hydrogen (secondary N) is 2. The van der Waals surface area contributed by atoms with Crippen molar-refractivity contribution in [2.75, 3.05) is 25.0 Å². The molecule has 1 fully saturated rings. The summed E-state index contributed by atoms with van der Waals surface area (Å²) in [6, 6.07) is 6.80. The number of rotatable bonds is 6. The second kappa shape index (κ2) is 8.67. The maximum atomic E-state index is 12.2. The molecular weight excluding hydrogens is 292 g/mol. The van der Waals surface area contributed by atoms with Gasteiger partial charge in [0.05, 0.1) is 12.2 Å². The van der Waals surface area contributed by atoms with Crippen molar-refractivity contribution < 1.29 is 14.3 Å². The van der Waals surface area contributed by atoms with E-state index in [4.69, 9.17) is 4.74 Å². The van der Waals surface area contributed by atoms with Gasteiger partial charge in [-0.25, -0.2) is 4.79 Å². The second-order valence-electron chi connectivity index (χ2n) is 6.13. The summed E-state index contributed by atoms with van der Waals surface area (Å²) in [5.41, 5.74) is 1.20. The molecule has 5 heteroatoms. The lowest BCUT2D eigenvalue weighted by Gasteiger charge is -2.28. The molecule has 0 saturated carbocycles. The summed E-state index contributed by atoms with van der Waals surface area (Å²) < 4.78 is 4.94. The number of hydrogen-bond donors (Lipinski definition) is 2. The van der Waals surface area contributed by atoms with Crippen molar-refractivity contribution in [3.05, 3.63) is 29.8 Å². The topological polar surface area (TPSA) is 67.4 Å². The summed E-state index contributed by atoms with van der Waals surface area (Å²) in [6.07, 6.45) is 2.90. The van der Waals surface area contributed by atoms with Gasteiger partial charge in [0.15, 0.2) is 0 Å². The molecule has 1 aliphatic heterocycles. The lowest BCUT2D eigenvalue weighted by molar-refractivity contribution is -0.117. The van der Waals surface area contributed by atoms with Gasteiger partial charge in [-0.15, -0.1) is 0 Å². The molecule has 2 unspecified atom stereocenters. The summed E-state index contributed by atoms with van der Waals surface area (Å²) in [7, 11) is 0. The van der Waals surface area contributed by atoms with Crippen LogP contribution >= 0.6 is 0 Å². The predicted octanol–water partition coefficient (Wildman–Crippen LogP) is 2.83. The smallest absolute Gasteiger partial charge is 0.338 e. The van der Waals surface area contributed by atoms with E-state index in [2.05, 4.69) is 17.6 Å². The molecule has 1 aromatic rings. The van der Waals surface area contributed by atoms with Gasteiger partial charge in [0.2, 0.25) is 5.91 Å². The highest BCUT2D eigenvalue weighted by Crippen LogP contribution is 2.23. The lowest BCUT2D eigenvalue weighted by Crippen LogP contribution is -2.34. The zero-order chi connectivity index (χ0) is 16.7. The quantitative estimate of drug-likeness (QED) is 0.792. The highest BCUT2D eigenvalue weighted by Gasteiger charge is 2.22. The highest BCUT2D eigenvalue weighted by atomic mass is 16.5. The molecule has 23 heavy (non-hydrogen) atoms. The van der Waals surface area contributed by atoms with E-state index >= 15 is 0 Å². The lowest BCUT2D eigenvalue weighted by atomic mass is 9.85. The zero-order valence-electron chi connectivity index (χ0n) is 13.9. The van der Waals surface area contributed by atoms with Crippen LogP contribution in [0.15, 0.2) is 24.3 Å². The number of benzene rings is 1. The standard InChI is InChI=1S/C18H26N2O3/c1-3-23-18(22)14-6-8-16(9-7-14)20-17(21)11-13(2)15-5-4-10-19-12-15/h6-9,13,15,19H,3-5,10-12H2,1-2H3,(H,20,21). The van der Waals surface area contributed by atoms with E-state index < -0.39 is 0 Å². The normalized spacial score (nSPS) is 19.0. The Hall–Kier alpha value is -1.88. The molecule has 5 nitrogen and oxygen atoms in total. The van der Waals surface area contributed by atoms with Crippen molar-refractivity contribution in [2.24, 2.45) is 11.8 Å². The van der Waals surface area contributed by atoms with Gasteiger partial charge < -0.3 is 15.4 Å². The van der Waals surface area contributed by atoms with Crippen LogP contribution in [-0.2, 0) is 9.53 Å². The van der Waals surface area contributed by atoms with Crippen LogP contribution in [0.3, 0.4) is 0 Å². The van der Waals surface area contributed by atoms with Crippen LogP contribution in [0.25, 0.3) is 0 Å². The number of ether oxygens (including phenoxy) is 1. The number of piperidine rings is 1. The third kappa shape index (κ3) is 5.36. The van der Waals surface area contributed by atoms with E-state index in [1.165, 1.54) is 12.8 Å². The number of amides is 1. The largest absolute Gasteiger partial charge is 0.462 e. The van der Waals surface area contributed by atoms with E-state index in [9.17, 15) is 9.59 Å². The summed E-state index contributed by atoms with van der Waals surface area (Å²) in [5, 5.41) is 6.29. The van der Waals surface area contributed by atoms with Crippen molar-refractivity contribution in [3.8, 4) is 0 Å². The Balaban J connectivity index is 1.83. The molecule has 2 N–H and O–H groups in total. The minimum atomic E-state index is -0.344. The third-order valence-corrected chi connectivity index (χ3v) is 4.33.